The summed E-state index contributed by atoms with van der Waals surface area (Å²) in [6.45, 7) is 6.78. The molecular weight excluding hydrogens is 246 g/mol. The number of carbonyl (C=O) groups excluding carboxylic acids is 1. The van der Waals surface area contributed by atoms with Gasteiger partial charge < -0.3 is 14.4 Å². The molecule has 0 unspecified atom stereocenters. The van der Waals surface area contributed by atoms with Gasteiger partial charge >= 0.3 is 5.97 Å². The number of carboxylic acid groups (broad SMARTS) is 1. The molecule has 0 aromatic carbocycles. The Morgan fingerprint density at radius 3 is 2.58 bits per heavy atom. The molecule has 0 saturated heterocycles. The number of carboxylic acids is 1. The van der Waals surface area contributed by atoms with Crippen molar-refractivity contribution >= 4 is 11.9 Å². The Labute approximate surface area is 112 Å². The van der Waals surface area contributed by atoms with Crippen LogP contribution in [0.25, 0.3) is 0 Å². The number of aromatic carboxylic acids is 1. The van der Waals surface area contributed by atoms with E-state index in [0.29, 0.717) is 18.4 Å². The second-order valence-electron chi connectivity index (χ2n) is 5.53. The van der Waals surface area contributed by atoms with Gasteiger partial charge in [-0.15, -0.1) is 0 Å². The third-order valence-corrected chi connectivity index (χ3v) is 3.65. The summed E-state index contributed by atoms with van der Waals surface area (Å²) >= 11 is 0. The fourth-order valence-corrected chi connectivity index (χ4v) is 2.14. The highest BCUT2D eigenvalue weighted by Crippen LogP contribution is 2.38. The first kappa shape index (κ1) is 13.6. The van der Waals surface area contributed by atoms with E-state index in [-0.39, 0.29) is 23.3 Å². The maximum absolute atomic E-state index is 12.3. The number of furan rings is 1. The van der Waals surface area contributed by atoms with Gasteiger partial charge in [0, 0.05) is 18.7 Å². The number of hydrogen-bond acceptors (Lipinski definition) is 3. The minimum absolute atomic E-state index is 0.00634. The molecule has 1 aromatic rings. The summed E-state index contributed by atoms with van der Waals surface area (Å²) < 4.78 is 5.08. The van der Waals surface area contributed by atoms with Gasteiger partial charge in [-0.25, -0.2) is 4.79 Å². The molecule has 19 heavy (non-hydrogen) atoms. The number of nitrogens with zero attached hydrogens (tertiary/aromatic N) is 1. The van der Waals surface area contributed by atoms with E-state index in [1.165, 1.54) is 6.07 Å². The third kappa shape index (κ3) is 2.97. The Hall–Kier alpha value is -1.78. The molecule has 2 atom stereocenters. The molecule has 1 aliphatic carbocycles. The smallest absolute Gasteiger partial charge is 0.338 e. The molecule has 104 valence electrons. The Morgan fingerprint density at radius 1 is 1.53 bits per heavy atom. The number of carbonyl (C=O) groups is 2. The van der Waals surface area contributed by atoms with Crippen LogP contribution < -0.4 is 0 Å². The van der Waals surface area contributed by atoms with E-state index in [1.54, 1.807) is 4.90 Å². The highest BCUT2D eigenvalue weighted by atomic mass is 16.4. The second-order valence-corrected chi connectivity index (χ2v) is 5.53. The average Bonchev–Trinajstić information content (AvgIpc) is 2.84. The van der Waals surface area contributed by atoms with Crippen LogP contribution in [0.5, 0.6) is 0 Å². The Bertz CT molecular complexity index is 491. The lowest BCUT2D eigenvalue weighted by molar-refractivity contribution is 0.0659. The molecule has 0 aliphatic heterocycles. The van der Waals surface area contributed by atoms with Crippen LogP contribution in [-0.4, -0.2) is 34.5 Å². The molecule has 1 heterocycles. The van der Waals surface area contributed by atoms with Crippen LogP contribution in [0.3, 0.4) is 0 Å². The van der Waals surface area contributed by atoms with E-state index in [2.05, 4.69) is 6.92 Å². The minimum atomic E-state index is -1.09. The highest BCUT2D eigenvalue weighted by Gasteiger charge is 2.36. The molecule has 1 amide bonds. The van der Waals surface area contributed by atoms with Gasteiger partial charge in [0.15, 0.2) is 5.76 Å². The van der Waals surface area contributed by atoms with Crippen molar-refractivity contribution in [2.75, 3.05) is 6.54 Å². The maximum atomic E-state index is 12.3. The van der Waals surface area contributed by atoms with Gasteiger partial charge in [0.2, 0.25) is 0 Å². The van der Waals surface area contributed by atoms with E-state index in [0.717, 1.165) is 12.7 Å². The zero-order valence-corrected chi connectivity index (χ0v) is 11.4. The second kappa shape index (κ2) is 5.07. The lowest BCUT2D eigenvalue weighted by atomic mass is 10.2. The SMILES string of the molecule is CC(C)N(C[C@@H]1C[C@H]1C)C(=O)c1cc(C(=O)O)co1. The Balaban J connectivity index is 2.11. The van der Waals surface area contributed by atoms with E-state index in [1.807, 2.05) is 13.8 Å². The van der Waals surface area contributed by atoms with Crippen molar-refractivity contribution in [1.29, 1.82) is 0 Å². The van der Waals surface area contributed by atoms with Crippen LogP contribution >= 0.6 is 0 Å². The van der Waals surface area contributed by atoms with E-state index in [9.17, 15) is 9.59 Å². The molecule has 5 nitrogen and oxygen atoms in total. The first-order valence-corrected chi connectivity index (χ1v) is 6.53. The summed E-state index contributed by atoms with van der Waals surface area (Å²) in [7, 11) is 0. The molecule has 1 saturated carbocycles. The van der Waals surface area contributed by atoms with Crippen LogP contribution in [0, 0.1) is 11.8 Å². The number of amides is 1. The summed E-state index contributed by atoms with van der Waals surface area (Å²) in [5.41, 5.74) is 0.00634. The van der Waals surface area contributed by atoms with Gasteiger partial charge in [0.1, 0.15) is 6.26 Å². The molecule has 0 spiro atoms. The highest BCUT2D eigenvalue weighted by molar-refractivity contribution is 5.95. The fourth-order valence-electron chi connectivity index (χ4n) is 2.14. The first-order valence-electron chi connectivity index (χ1n) is 6.53. The monoisotopic (exact) mass is 265 g/mol. The summed E-state index contributed by atoms with van der Waals surface area (Å²) in [5.74, 6) is -0.00352. The molecule has 2 rings (SSSR count). The predicted octanol–water partition coefficient (Wildman–Crippen LogP) is 2.48. The number of rotatable bonds is 5. The van der Waals surface area contributed by atoms with E-state index < -0.39 is 5.97 Å². The number of hydrogen-bond donors (Lipinski definition) is 1. The van der Waals surface area contributed by atoms with Gasteiger partial charge in [-0.2, -0.15) is 0 Å². The first-order chi connectivity index (χ1) is 8.90. The Kier molecular flexibility index (Phi) is 3.64. The van der Waals surface area contributed by atoms with Crippen LogP contribution in [0.1, 0.15) is 48.1 Å². The molecule has 1 fully saturated rings. The molecule has 1 aromatic heterocycles. The van der Waals surface area contributed by atoms with Crippen LogP contribution in [0.2, 0.25) is 0 Å². The standard InChI is InChI=1S/C14H19NO4/c1-8(2)15(6-10-4-9(10)3)13(16)12-5-11(7-19-12)14(17)18/h5,7-10H,4,6H2,1-3H3,(H,17,18)/t9-,10+/m1/s1. The quantitative estimate of drug-likeness (QED) is 0.887. The summed E-state index contributed by atoms with van der Waals surface area (Å²) in [6, 6.07) is 1.36. The molecule has 0 radical (unpaired) electrons. The van der Waals surface area contributed by atoms with Crippen molar-refractivity contribution in [1.82, 2.24) is 4.90 Å². The Morgan fingerprint density at radius 2 is 2.16 bits per heavy atom. The third-order valence-electron chi connectivity index (χ3n) is 3.65. The van der Waals surface area contributed by atoms with Crippen LogP contribution in [0.15, 0.2) is 16.7 Å². The molecule has 0 bridgehead atoms. The topological polar surface area (TPSA) is 70.8 Å². The van der Waals surface area contributed by atoms with Crippen molar-refractivity contribution < 1.29 is 19.1 Å². The zero-order chi connectivity index (χ0) is 14.2. The molecular formula is C14H19NO4. The van der Waals surface area contributed by atoms with Gasteiger partial charge in [-0.3, -0.25) is 4.79 Å². The van der Waals surface area contributed by atoms with Gasteiger partial charge in [0.25, 0.3) is 5.91 Å². The lowest BCUT2D eigenvalue weighted by Gasteiger charge is -2.26. The van der Waals surface area contributed by atoms with E-state index >= 15 is 0 Å². The van der Waals surface area contributed by atoms with Gasteiger partial charge in [0.05, 0.1) is 5.56 Å². The normalized spacial score (nSPS) is 21.5. The van der Waals surface area contributed by atoms with Crippen LogP contribution in [0.4, 0.5) is 0 Å². The largest absolute Gasteiger partial charge is 0.478 e. The maximum Gasteiger partial charge on any atom is 0.338 e. The van der Waals surface area contributed by atoms with Crippen LogP contribution in [-0.2, 0) is 0 Å². The van der Waals surface area contributed by atoms with Crippen molar-refractivity contribution in [3.63, 3.8) is 0 Å². The summed E-state index contributed by atoms with van der Waals surface area (Å²) in [5, 5.41) is 8.83. The summed E-state index contributed by atoms with van der Waals surface area (Å²) in [6.07, 6.45) is 2.25. The van der Waals surface area contributed by atoms with Crippen molar-refractivity contribution in [2.24, 2.45) is 11.8 Å². The molecule has 5 heteroatoms. The summed E-state index contributed by atoms with van der Waals surface area (Å²) in [4.78, 5) is 24.9. The van der Waals surface area contributed by atoms with E-state index in [4.69, 9.17) is 9.52 Å². The lowest BCUT2D eigenvalue weighted by Crippen LogP contribution is -2.38. The van der Waals surface area contributed by atoms with Crippen molar-refractivity contribution in [3.8, 4) is 0 Å². The van der Waals surface area contributed by atoms with Crippen molar-refractivity contribution in [2.45, 2.75) is 33.2 Å². The van der Waals surface area contributed by atoms with Gasteiger partial charge in [-0.1, -0.05) is 6.92 Å². The predicted molar refractivity (Wildman–Crippen MR) is 69.1 cm³/mol. The fraction of sp³-hybridized carbons (Fsp3) is 0.571. The van der Waals surface area contributed by atoms with Crippen molar-refractivity contribution in [3.05, 3.63) is 23.7 Å². The molecule has 1 N–H and O–H groups in total. The zero-order valence-electron chi connectivity index (χ0n) is 11.4. The molecule has 1 aliphatic rings. The minimum Gasteiger partial charge on any atom is -0.478 e. The van der Waals surface area contributed by atoms with Gasteiger partial charge in [-0.05, 0) is 32.1 Å². The average molecular weight is 265 g/mol.